The highest BCUT2D eigenvalue weighted by atomic mass is 16.3. The molecule has 1 saturated carbocycles. The number of aliphatic hydroxyl groups is 1. The summed E-state index contributed by atoms with van der Waals surface area (Å²) in [5, 5.41) is 13.4. The Balaban J connectivity index is 1.49. The molecule has 0 aromatic heterocycles. The highest BCUT2D eigenvalue weighted by molar-refractivity contribution is 5.32. The molecule has 3 rings (SSSR count). The normalized spacial score (nSPS) is 29.9. The van der Waals surface area contributed by atoms with Crippen LogP contribution in [0.2, 0.25) is 0 Å². The Morgan fingerprint density at radius 1 is 1.05 bits per heavy atom. The first-order chi connectivity index (χ1) is 9.83. The van der Waals surface area contributed by atoms with Gasteiger partial charge in [0.2, 0.25) is 0 Å². The molecule has 0 radical (unpaired) electrons. The van der Waals surface area contributed by atoms with Gasteiger partial charge in [-0.05, 0) is 68.0 Å². The third kappa shape index (κ3) is 3.42. The smallest absolute Gasteiger partial charge is 0.0543 e. The average molecular weight is 273 g/mol. The molecule has 0 amide bonds. The fourth-order valence-corrected chi connectivity index (χ4v) is 3.98. The summed E-state index contributed by atoms with van der Waals surface area (Å²) in [7, 11) is 0. The number of hydrogen-bond acceptors (Lipinski definition) is 2. The van der Waals surface area contributed by atoms with Crippen LogP contribution in [0.3, 0.4) is 0 Å². The van der Waals surface area contributed by atoms with E-state index in [-0.39, 0.29) is 6.10 Å². The van der Waals surface area contributed by atoms with Crippen molar-refractivity contribution in [2.75, 3.05) is 13.1 Å². The molecule has 1 fully saturated rings. The van der Waals surface area contributed by atoms with E-state index < -0.39 is 0 Å². The molecule has 0 spiro atoms. The van der Waals surface area contributed by atoms with Crippen molar-refractivity contribution in [1.82, 2.24) is 5.32 Å². The van der Waals surface area contributed by atoms with Crippen molar-refractivity contribution < 1.29 is 5.11 Å². The van der Waals surface area contributed by atoms with Gasteiger partial charge in [0, 0.05) is 6.54 Å². The largest absolute Gasteiger partial charge is 0.393 e. The molecule has 0 bridgehead atoms. The second-order valence-electron chi connectivity index (χ2n) is 6.63. The SMILES string of the molecule is OC1CCCC(CNCC2CCCc3ccccc32)C1. The van der Waals surface area contributed by atoms with Gasteiger partial charge in [0.25, 0.3) is 0 Å². The molecule has 110 valence electrons. The van der Waals surface area contributed by atoms with Crippen molar-refractivity contribution >= 4 is 0 Å². The van der Waals surface area contributed by atoms with E-state index in [1.807, 2.05) is 0 Å². The van der Waals surface area contributed by atoms with Crippen molar-refractivity contribution in [2.45, 2.75) is 57.0 Å². The zero-order valence-corrected chi connectivity index (χ0v) is 12.4. The third-order valence-electron chi connectivity index (χ3n) is 5.07. The standard InChI is InChI=1S/C18H27NO/c20-17-9-3-5-14(11-17)12-19-13-16-8-4-7-15-6-1-2-10-18(15)16/h1-2,6,10,14,16-17,19-20H,3-5,7-9,11-13H2. The lowest BCUT2D eigenvalue weighted by Gasteiger charge is -2.29. The van der Waals surface area contributed by atoms with Crippen LogP contribution >= 0.6 is 0 Å². The molecule has 1 aromatic rings. The highest BCUT2D eigenvalue weighted by Crippen LogP contribution is 2.31. The van der Waals surface area contributed by atoms with Gasteiger partial charge >= 0.3 is 0 Å². The molecule has 0 aliphatic heterocycles. The number of fused-ring (bicyclic) bond motifs is 1. The van der Waals surface area contributed by atoms with E-state index in [2.05, 4.69) is 29.6 Å². The van der Waals surface area contributed by atoms with Gasteiger partial charge in [0.05, 0.1) is 6.10 Å². The van der Waals surface area contributed by atoms with E-state index >= 15 is 0 Å². The van der Waals surface area contributed by atoms with Crippen LogP contribution in [-0.2, 0) is 6.42 Å². The van der Waals surface area contributed by atoms with Crippen LogP contribution in [0, 0.1) is 5.92 Å². The lowest BCUT2D eigenvalue weighted by atomic mass is 9.82. The molecule has 3 unspecified atom stereocenters. The average Bonchev–Trinajstić information content (AvgIpc) is 2.48. The van der Waals surface area contributed by atoms with Gasteiger partial charge in [-0.3, -0.25) is 0 Å². The molecule has 2 nitrogen and oxygen atoms in total. The van der Waals surface area contributed by atoms with Crippen LogP contribution in [0.1, 0.15) is 55.6 Å². The van der Waals surface area contributed by atoms with Gasteiger partial charge in [-0.15, -0.1) is 0 Å². The van der Waals surface area contributed by atoms with Crippen LogP contribution in [0.25, 0.3) is 0 Å². The summed E-state index contributed by atoms with van der Waals surface area (Å²) in [5.41, 5.74) is 3.12. The maximum Gasteiger partial charge on any atom is 0.0543 e. The van der Waals surface area contributed by atoms with E-state index in [4.69, 9.17) is 0 Å². The second kappa shape index (κ2) is 6.73. The van der Waals surface area contributed by atoms with Crippen molar-refractivity contribution in [1.29, 1.82) is 0 Å². The second-order valence-corrected chi connectivity index (χ2v) is 6.63. The maximum absolute atomic E-state index is 9.73. The van der Waals surface area contributed by atoms with Crippen LogP contribution in [0.5, 0.6) is 0 Å². The van der Waals surface area contributed by atoms with Crippen molar-refractivity contribution in [3.05, 3.63) is 35.4 Å². The molecular weight excluding hydrogens is 246 g/mol. The van der Waals surface area contributed by atoms with Crippen LogP contribution in [0.15, 0.2) is 24.3 Å². The minimum absolute atomic E-state index is 0.0500. The van der Waals surface area contributed by atoms with Gasteiger partial charge < -0.3 is 10.4 Å². The summed E-state index contributed by atoms with van der Waals surface area (Å²) in [6.07, 6.45) is 8.32. The zero-order chi connectivity index (χ0) is 13.8. The molecule has 0 saturated heterocycles. The summed E-state index contributed by atoms with van der Waals surface area (Å²) in [6.45, 7) is 2.18. The molecule has 20 heavy (non-hydrogen) atoms. The Labute approximate surface area is 122 Å². The molecule has 2 aliphatic carbocycles. The number of rotatable bonds is 4. The number of aliphatic hydroxyl groups excluding tert-OH is 1. The minimum atomic E-state index is -0.0500. The predicted molar refractivity (Wildman–Crippen MR) is 83.0 cm³/mol. The Hall–Kier alpha value is -0.860. The highest BCUT2D eigenvalue weighted by Gasteiger charge is 2.22. The molecular formula is C18H27NO. The summed E-state index contributed by atoms with van der Waals surface area (Å²) < 4.78 is 0. The van der Waals surface area contributed by atoms with Crippen LogP contribution < -0.4 is 5.32 Å². The lowest BCUT2D eigenvalue weighted by Crippen LogP contribution is -2.32. The summed E-state index contributed by atoms with van der Waals surface area (Å²) in [4.78, 5) is 0. The summed E-state index contributed by atoms with van der Waals surface area (Å²) in [6, 6.07) is 8.94. The molecule has 2 N–H and O–H groups in total. The predicted octanol–water partition coefficient (Wildman–Crippen LogP) is 3.25. The fraction of sp³-hybridized carbons (Fsp3) is 0.667. The quantitative estimate of drug-likeness (QED) is 0.882. The zero-order valence-electron chi connectivity index (χ0n) is 12.4. The first-order valence-electron chi connectivity index (χ1n) is 8.29. The van der Waals surface area contributed by atoms with Crippen molar-refractivity contribution in [3.63, 3.8) is 0 Å². The summed E-state index contributed by atoms with van der Waals surface area (Å²) >= 11 is 0. The molecule has 2 heteroatoms. The van der Waals surface area contributed by atoms with Crippen molar-refractivity contribution in [3.8, 4) is 0 Å². The Morgan fingerprint density at radius 3 is 2.85 bits per heavy atom. The van der Waals surface area contributed by atoms with Gasteiger partial charge in [-0.1, -0.05) is 30.7 Å². The molecule has 0 heterocycles. The topological polar surface area (TPSA) is 32.3 Å². The van der Waals surface area contributed by atoms with Gasteiger partial charge in [0.15, 0.2) is 0 Å². The Bertz CT molecular complexity index is 431. The monoisotopic (exact) mass is 273 g/mol. The van der Waals surface area contributed by atoms with E-state index in [1.54, 1.807) is 11.1 Å². The number of aryl methyl sites for hydroxylation is 1. The third-order valence-corrected chi connectivity index (χ3v) is 5.07. The summed E-state index contributed by atoms with van der Waals surface area (Å²) in [5.74, 6) is 1.37. The van der Waals surface area contributed by atoms with Crippen molar-refractivity contribution in [2.24, 2.45) is 5.92 Å². The van der Waals surface area contributed by atoms with E-state index in [1.165, 1.54) is 32.1 Å². The lowest BCUT2D eigenvalue weighted by molar-refractivity contribution is 0.100. The molecule has 2 aliphatic rings. The fourth-order valence-electron chi connectivity index (χ4n) is 3.98. The number of nitrogens with one attached hydrogen (secondary N) is 1. The Kier molecular flexibility index (Phi) is 4.74. The van der Waals surface area contributed by atoms with Gasteiger partial charge in [-0.2, -0.15) is 0 Å². The minimum Gasteiger partial charge on any atom is -0.393 e. The molecule has 3 atom stereocenters. The molecule has 1 aromatic carbocycles. The number of benzene rings is 1. The van der Waals surface area contributed by atoms with E-state index in [0.717, 1.165) is 25.9 Å². The first kappa shape index (κ1) is 14.1. The number of hydrogen-bond donors (Lipinski definition) is 2. The van der Waals surface area contributed by atoms with Crippen LogP contribution in [-0.4, -0.2) is 24.3 Å². The van der Waals surface area contributed by atoms with E-state index in [9.17, 15) is 5.11 Å². The van der Waals surface area contributed by atoms with E-state index in [0.29, 0.717) is 11.8 Å². The van der Waals surface area contributed by atoms with Gasteiger partial charge in [0.1, 0.15) is 0 Å². The van der Waals surface area contributed by atoms with Crippen LogP contribution in [0.4, 0.5) is 0 Å². The van der Waals surface area contributed by atoms with Gasteiger partial charge in [-0.25, -0.2) is 0 Å². The Morgan fingerprint density at radius 2 is 1.95 bits per heavy atom. The first-order valence-corrected chi connectivity index (χ1v) is 8.29. The maximum atomic E-state index is 9.73.